The number of fused-ring (bicyclic) bond motifs is 5. The number of nitrogens with zero attached hydrogens (tertiary/aromatic N) is 1. The molecule has 1 amide bonds. The summed E-state index contributed by atoms with van der Waals surface area (Å²) in [5, 5.41) is 0. The third-order valence-electron chi connectivity index (χ3n) is 7.58. The number of ether oxygens (including phenoxy) is 1. The van der Waals surface area contributed by atoms with Gasteiger partial charge in [0.05, 0.1) is 11.6 Å². The van der Waals surface area contributed by atoms with Crippen molar-refractivity contribution in [2.75, 3.05) is 6.61 Å². The summed E-state index contributed by atoms with van der Waals surface area (Å²) < 4.78 is 59.2. The maximum absolute atomic E-state index is 14.6. The molecule has 2 bridgehead atoms. The second-order valence-corrected chi connectivity index (χ2v) is 9.60. The van der Waals surface area contributed by atoms with E-state index in [2.05, 4.69) is 24.3 Å². The highest BCUT2D eigenvalue weighted by atomic mass is 19.4. The number of alkyl halides is 3. The Morgan fingerprint density at radius 2 is 1.58 bits per heavy atom. The Morgan fingerprint density at radius 1 is 0.917 bits per heavy atom. The van der Waals surface area contributed by atoms with E-state index in [9.17, 15) is 22.4 Å². The van der Waals surface area contributed by atoms with Gasteiger partial charge in [0.1, 0.15) is 12.4 Å². The summed E-state index contributed by atoms with van der Waals surface area (Å²) in [7, 11) is 0. The first-order valence-electron chi connectivity index (χ1n) is 12.0. The molecule has 1 fully saturated rings. The fourth-order valence-corrected chi connectivity index (χ4v) is 5.93. The summed E-state index contributed by atoms with van der Waals surface area (Å²) in [6, 6.07) is 18.4. The second kappa shape index (κ2) is 8.50. The molecule has 1 aliphatic carbocycles. The molecular formula is C29H23F4NO2. The Kier molecular flexibility index (Phi) is 5.39. The third kappa shape index (κ3) is 3.77. The highest BCUT2D eigenvalue weighted by molar-refractivity contribution is 5.79. The molecule has 2 atom stereocenters. The first kappa shape index (κ1) is 22.8. The minimum atomic E-state index is -4.60. The molecule has 0 radical (unpaired) electrons. The number of halogens is 4. The van der Waals surface area contributed by atoms with Crippen molar-refractivity contribution in [1.29, 1.82) is 0 Å². The van der Waals surface area contributed by atoms with Crippen LogP contribution in [-0.4, -0.2) is 29.7 Å². The van der Waals surface area contributed by atoms with Crippen molar-refractivity contribution in [3.63, 3.8) is 0 Å². The fourth-order valence-electron chi connectivity index (χ4n) is 5.93. The lowest BCUT2D eigenvalue weighted by Crippen LogP contribution is -2.43. The van der Waals surface area contributed by atoms with Gasteiger partial charge in [0.25, 0.3) is 0 Å². The first-order chi connectivity index (χ1) is 17.3. The molecule has 1 saturated heterocycles. The molecule has 3 aromatic rings. The van der Waals surface area contributed by atoms with Crippen LogP contribution in [0, 0.1) is 5.82 Å². The van der Waals surface area contributed by atoms with Gasteiger partial charge in [-0.2, -0.15) is 13.2 Å². The third-order valence-corrected chi connectivity index (χ3v) is 7.58. The van der Waals surface area contributed by atoms with Gasteiger partial charge < -0.3 is 4.74 Å². The Balaban J connectivity index is 1.19. The predicted molar refractivity (Wildman–Crippen MR) is 128 cm³/mol. The normalized spacial score (nSPS) is 20.7. The highest BCUT2D eigenvalue weighted by Crippen LogP contribution is 2.45. The Bertz CT molecular complexity index is 1330. The molecule has 0 aromatic heterocycles. The van der Waals surface area contributed by atoms with E-state index >= 15 is 0 Å². The van der Waals surface area contributed by atoms with Crippen LogP contribution < -0.4 is 0 Å². The zero-order valence-corrected chi connectivity index (χ0v) is 19.3. The van der Waals surface area contributed by atoms with Crippen LogP contribution in [0.1, 0.15) is 47.4 Å². The van der Waals surface area contributed by atoms with E-state index in [1.54, 1.807) is 11.0 Å². The molecule has 2 heterocycles. The average molecular weight is 494 g/mol. The van der Waals surface area contributed by atoms with Gasteiger partial charge in [0.15, 0.2) is 0 Å². The van der Waals surface area contributed by atoms with Crippen molar-refractivity contribution >= 4 is 11.7 Å². The van der Waals surface area contributed by atoms with Crippen LogP contribution in [0.3, 0.4) is 0 Å². The van der Waals surface area contributed by atoms with E-state index in [1.807, 2.05) is 24.3 Å². The number of carbonyl (C=O) groups excluding carboxylic acids is 1. The molecule has 2 unspecified atom stereocenters. The topological polar surface area (TPSA) is 29.5 Å². The first-order valence-corrected chi connectivity index (χ1v) is 12.0. The summed E-state index contributed by atoms with van der Waals surface area (Å²) in [5.41, 5.74) is 4.35. The fraction of sp³-hybridized carbons (Fsp3) is 0.276. The molecule has 36 heavy (non-hydrogen) atoms. The molecular weight excluding hydrogens is 470 g/mol. The van der Waals surface area contributed by atoms with Gasteiger partial charge in [-0.25, -0.2) is 9.18 Å². The molecule has 0 saturated carbocycles. The van der Waals surface area contributed by atoms with Crippen LogP contribution >= 0.6 is 0 Å². The molecule has 0 N–H and O–H groups in total. The lowest BCUT2D eigenvalue weighted by Gasteiger charge is -2.33. The zero-order valence-electron chi connectivity index (χ0n) is 19.3. The number of rotatable bonds is 3. The Labute approximate surface area is 206 Å². The summed E-state index contributed by atoms with van der Waals surface area (Å²) in [5.74, 6) is -0.943. The molecule has 2 aliphatic heterocycles. The molecule has 3 aromatic carbocycles. The standard InChI is InChI=1S/C29H23F4NO2/c30-27-15-18(29(31,32)33)9-12-21(27)17-13-19-10-11-20(14-17)34(19)28(35)36-16-26-24-7-3-1-5-22(24)23-6-2-4-8-25(23)26/h1-9,12-13,15,19-20,26H,10-11,14,16H2. The van der Waals surface area contributed by atoms with Gasteiger partial charge in [-0.05, 0) is 59.2 Å². The van der Waals surface area contributed by atoms with E-state index in [0.29, 0.717) is 24.5 Å². The van der Waals surface area contributed by atoms with Crippen LogP contribution in [-0.2, 0) is 10.9 Å². The van der Waals surface area contributed by atoms with E-state index in [1.165, 1.54) is 6.07 Å². The molecule has 3 nitrogen and oxygen atoms in total. The summed E-state index contributed by atoms with van der Waals surface area (Å²) in [6.45, 7) is 0.215. The number of amides is 1. The van der Waals surface area contributed by atoms with Crippen LogP contribution in [0.5, 0.6) is 0 Å². The van der Waals surface area contributed by atoms with Crippen LogP contribution in [0.4, 0.5) is 22.4 Å². The smallest absolute Gasteiger partial charge is 0.416 e. The number of carbonyl (C=O) groups is 1. The van der Waals surface area contributed by atoms with Gasteiger partial charge in [0, 0.05) is 17.5 Å². The van der Waals surface area contributed by atoms with Crippen molar-refractivity contribution in [2.45, 2.75) is 43.4 Å². The molecule has 6 rings (SSSR count). The quantitative estimate of drug-likeness (QED) is 0.356. The van der Waals surface area contributed by atoms with Crippen LogP contribution in [0.15, 0.2) is 72.8 Å². The Hall–Kier alpha value is -3.61. The lowest BCUT2D eigenvalue weighted by molar-refractivity contribution is -0.137. The van der Waals surface area contributed by atoms with Gasteiger partial charge in [-0.3, -0.25) is 4.90 Å². The number of hydrogen-bond donors (Lipinski definition) is 0. The van der Waals surface area contributed by atoms with Crippen LogP contribution in [0.25, 0.3) is 16.7 Å². The number of hydrogen-bond acceptors (Lipinski definition) is 2. The minimum absolute atomic E-state index is 0.0452. The largest absolute Gasteiger partial charge is 0.448 e. The second-order valence-electron chi connectivity index (χ2n) is 9.60. The van der Waals surface area contributed by atoms with Gasteiger partial charge in [0.2, 0.25) is 0 Å². The maximum atomic E-state index is 14.6. The van der Waals surface area contributed by atoms with Gasteiger partial charge >= 0.3 is 12.3 Å². The summed E-state index contributed by atoms with van der Waals surface area (Å²) >= 11 is 0. The van der Waals surface area contributed by atoms with E-state index in [0.717, 1.165) is 34.7 Å². The molecule has 0 spiro atoms. The Morgan fingerprint density at radius 3 is 2.19 bits per heavy atom. The maximum Gasteiger partial charge on any atom is 0.416 e. The van der Waals surface area contributed by atoms with Crippen molar-refractivity contribution < 1.29 is 27.1 Å². The van der Waals surface area contributed by atoms with Crippen molar-refractivity contribution in [2.24, 2.45) is 0 Å². The van der Waals surface area contributed by atoms with Gasteiger partial charge in [-0.15, -0.1) is 0 Å². The zero-order chi connectivity index (χ0) is 25.0. The minimum Gasteiger partial charge on any atom is -0.448 e. The molecule has 3 aliphatic rings. The van der Waals surface area contributed by atoms with Gasteiger partial charge in [-0.1, -0.05) is 60.7 Å². The van der Waals surface area contributed by atoms with Crippen molar-refractivity contribution in [1.82, 2.24) is 4.90 Å². The SMILES string of the molecule is O=C(OCC1c2ccccc2-c2ccccc21)N1C2C=C(c3ccc(C(F)(F)F)cc3F)CC1CC2. The predicted octanol–water partition coefficient (Wildman–Crippen LogP) is 7.41. The molecule has 184 valence electrons. The van der Waals surface area contributed by atoms with Crippen LogP contribution in [0.2, 0.25) is 0 Å². The monoisotopic (exact) mass is 493 g/mol. The summed E-state index contributed by atoms with van der Waals surface area (Å²) in [6.07, 6.45) is -1.38. The highest BCUT2D eigenvalue weighted by Gasteiger charge is 2.42. The lowest BCUT2D eigenvalue weighted by atomic mass is 9.93. The summed E-state index contributed by atoms with van der Waals surface area (Å²) in [4.78, 5) is 14.9. The molecule has 7 heteroatoms. The number of benzene rings is 3. The van der Waals surface area contributed by atoms with E-state index in [-0.39, 0.29) is 30.2 Å². The van der Waals surface area contributed by atoms with Crippen molar-refractivity contribution in [3.05, 3.63) is 101 Å². The van der Waals surface area contributed by atoms with E-state index in [4.69, 9.17) is 4.74 Å². The average Bonchev–Trinajstić information content (AvgIpc) is 3.32. The van der Waals surface area contributed by atoms with Crippen molar-refractivity contribution in [3.8, 4) is 11.1 Å². The van der Waals surface area contributed by atoms with E-state index < -0.39 is 23.7 Å².